The zero-order valence-corrected chi connectivity index (χ0v) is 20.8. The summed E-state index contributed by atoms with van der Waals surface area (Å²) in [5.74, 6) is -0.398. The van der Waals surface area contributed by atoms with E-state index in [0.717, 1.165) is 24.9 Å². The van der Waals surface area contributed by atoms with Gasteiger partial charge in [0.05, 0.1) is 12.1 Å². The van der Waals surface area contributed by atoms with Gasteiger partial charge in [0, 0.05) is 36.9 Å². The first-order valence-corrected chi connectivity index (χ1v) is 12.2. The molecule has 2 fully saturated rings. The molecular formula is C26H33N3O6. The van der Waals surface area contributed by atoms with E-state index in [1.54, 1.807) is 44.9 Å². The van der Waals surface area contributed by atoms with Crippen molar-refractivity contribution in [3.05, 3.63) is 40.2 Å². The summed E-state index contributed by atoms with van der Waals surface area (Å²) in [7, 11) is 0. The van der Waals surface area contributed by atoms with Gasteiger partial charge in [-0.05, 0) is 64.7 Å². The number of piperazine rings is 1. The summed E-state index contributed by atoms with van der Waals surface area (Å²) in [5.41, 5.74) is 0.214. The zero-order chi connectivity index (χ0) is 25.3. The van der Waals surface area contributed by atoms with Gasteiger partial charge in [0.25, 0.3) is 0 Å². The van der Waals surface area contributed by atoms with Gasteiger partial charge in [-0.25, -0.2) is 9.59 Å². The van der Waals surface area contributed by atoms with Gasteiger partial charge in [0.2, 0.25) is 11.3 Å². The normalized spacial score (nSPS) is 16.9. The summed E-state index contributed by atoms with van der Waals surface area (Å²) in [6.07, 6.45) is 4.51. The number of ether oxygens (including phenoxy) is 2. The van der Waals surface area contributed by atoms with E-state index in [1.165, 1.54) is 11.3 Å². The molecule has 1 saturated heterocycles. The van der Waals surface area contributed by atoms with E-state index in [2.05, 4.69) is 0 Å². The van der Waals surface area contributed by atoms with Crippen molar-refractivity contribution >= 4 is 34.6 Å². The summed E-state index contributed by atoms with van der Waals surface area (Å²) in [5, 5.41) is 0.370. The van der Waals surface area contributed by atoms with Gasteiger partial charge in [-0.2, -0.15) is 0 Å². The van der Waals surface area contributed by atoms with Crippen LogP contribution in [-0.2, 0) is 20.8 Å². The molecule has 188 valence electrons. The molecule has 0 bridgehead atoms. The van der Waals surface area contributed by atoms with Crippen molar-refractivity contribution in [3.63, 3.8) is 0 Å². The molecule has 0 unspecified atom stereocenters. The van der Waals surface area contributed by atoms with Gasteiger partial charge in [-0.1, -0.05) is 6.42 Å². The van der Waals surface area contributed by atoms with Crippen molar-refractivity contribution in [2.75, 3.05) is 31.1 Å². The minimum absolute atomic E-state index is 0.00287. The summed E-state index contributed by atoms with van der Waals surface area (Å²) in [6.45, 7) is 8.41. The first kappa shape index (κ1) is 24.8. The highest BCUT2D eigenvalue weighted by Gasteiger charge is 2.31. The number of pyridine rings is 1. The Morgan fingerprint density at radius 3 is 2.46 bits per heavy atom. The fourth-order valence-electron chi connectivity index (χ4n) is 4.44. The van der Waals surface area contributed by atoms with E-state index in [9.17, 15) is 19.2 Å². The van der Waals surface area contributed by atoms with Crippen LogP contribution in [0.15, 0.2) is 29.2 Å². The topological polar surface area (TPSA) is 98.2 Å². The number of carbonyl (C=O) groups is 3. The Bertz CT molecular complexity index is 1210. The van der Waals surface area contributed by atoms with Crippen LogP contribution < -0.4 is 10.3 Å². The highest BCUT2D eigenvalue weighted by molar-refractivity contribution is 6.00. The van der Waals surface area contributed by atoms with Gasteiger partial charge >= 0.3 is 12.1 Å². The minimum Gasteiger partial charge on any atom is -0.462 e. The van der Waals surface area contributed by atoms with Crippen LogP contribution in [0.4, 0.5) is 10.5 Å². The summed E-state index contributed by atoms with van der Waals surface area (Å²) in [6, 6.07) is 5.30. The van der Waals surface area contributed by atoms with E-state index in [-0.39, 0.29) is 31.2 Å². The molecule has 1 aromatic carbocycles. The smallest absolute Gasteiger partial charge is 0.410 e. The molecular weight excluding hydrogens is 450 g/mol. The van der Waals surface area contributed by atoms with Crippen LogP contribution in [0.25, 0.3) is 10.9 Å². The van der Waals surface area contributed by atoms with Crippen LogP contribution in [-0.4, -0.2) is 59.3 Å². The lowest BCUT2D eigenvalue weighted by Gasteiger charge is -2.35. The average molecular weight is 484 g/mol. The molecule has 1 aromatic heterocycles. The maximum absolute atomic E-state index is 13.3. The quantitative estimate of drug-likeness (QED) is 0.603. The maximum atomic E-state index is 13.3. The Morgan fingerprint density at radius 1 is 1.11 bits per heavy atom. The summed E-state index contributed by atoms with van der Waals surface area (Å²) >= 11 is 0. The molecule has 35 heavy (non-hydrogen) atoms. The first-order chi connectivity index (χ1) is 16.6. The third kappa shape index (κ3) is 5.33. The molecule has 9 heteroatoms. The number of esters is 1. The number of carbonyl (C=O) groups excluding carboxylic acids is 3. The largest absolute Gasteiger partial charge is 0.462 e. The van der Waals surface area contributed by atoms with Gasteiger partial charge in [-0.15, -0.1) is 0 Å². The first-order valence-electron chi connectivity index (χ1n) is 12.2. The van der Waals surface area contributed by atoms with Crippen molar-refractivity contribution in [2.24, 2.45) is 5.92 Å². The number of fused-ring (bicyclic) bond motifs is 1. The predicted octanol–water partition coefficient (Wildman–Crippen LogP) is 3.56. The van der Waals surface area contributed by atoms with Gasteiger partial charge in [0.1, 0.15) is 17.7 Å². The van der Waals surface area contributed by atoms with Crippen molar-refractivity contribution in [1.29, 1.82) is 0 Å². The van der Waals surface area contributed by atoms with E-state index in [4.69, 9.17) is 9.47 Å². The molecule has 9 nitrogen and oxygen atoms in total. The van der Waals surface area contributed by atoms with E-state index >= 15 is 0 Å². The van der Waals surface area contributed by atoms with Crippen LogP contribution in [0.5, 0.6) is 0 Å². The number of hydrogen-bond donors (Lipinski definition) is 0. The molecule has 1 aliphatic carbocycles. The predicted molar refractivity (Wildman–Crippen MR) is 132 cm³/mol. The van der Waals surface area contributed by atoms with E-state index < -0.39 is 23.1 Å². The van der Waals surface area contributed by atoms with Crippen molar-refractivity contribution in [2.45, 2.75) is 59.1 Å². The third-order valence-electron chi connectivity index (χ3n) is 6.42. The van der Waals surface area contributed by atoms with Crippen LogP contribution in [0, 0.1) is 5.92 Å². The van der Waals surface area contributed by atoms with Crippen molar-refractivity contribution < 1.29 is 23.9 Å². The summed E-state index contributed by atoms with van der Waals surface area (Å²) in [4.78, 5) is 54.0. The molecule has 4 rings (SSSR count). The number of hydrogen-bond acceptors (Lipinski definition) is 6. The SMILES string of the molecule is CCOC(=O)c1cn(CC2CCC2)c2ccc(N3CCN(C(=O)OC(C)(C)C)CC3=O)cc2c1=O. The molecule has 1 aliphatic heterocycles. The van der Waals surface area contributed by atoms with Crippen LogP contribution in [0.3, 0.4) is 0 Å². The molecule has 2 aromatic rings. The zero-order valence-electron chi connectivity index (χ0n) is 20.8. The molecule has 0 spiro atoms. The highest BCUT2D eigenvalue weighted by Crippen LogP contribution is 2.30. The van der Waals surface area contributed by atoms with Crippen molar-refractivity contribution in [3.8, 4) is 0 Å². The average Bonchev–Trinajstić information content (AvgIpc) is 2.76. The summed E-state index contributed by atoms with van der Waals surface area (Å²) < 4.78 is 12.5. The lowest BCUT2D eigenvalue weighted by atomic mass is 9.85. The molecule has 2 amide bonds. The van der Waals surface area contributed by atoms with Gasteiger partial charge < -0.3 is 18.9 Å². The number of anilines is 1. The molecule has 0 radical (unpaired) electrons. The Morgan fingerprint density at radius 2 is 1.86 bits per heavy atom. The number of benzene rings is 1. The molecule has 0 N–H and O–H groups in total. The van der Waals surface area contributed by atoms with E-state index in [1.807, 2.05) is 16.7 Å². The highest BCUT2D eigenvalue weighted by atomic mass is 16.6. The molecule has 0 atom stereocenters. The maximum Gasteiger partial charge on any atom is 0.410 e. The molecule has 2 aliphatic rings. The van der Waals surface area contributed by atoms with Crippen LogP contribution >= 0.6 is 0 Å². The second kappa shape index (κ2) is 9.71. The number of nitrogens with zero attached hydrogens (tertiary/aromatic N) is 3. The Kier molecular flexibility index (Phi) is 6.87. The van der Waals surface area contributed by atoms with E-state index in [0.29, 0.717) is 23.5 Å². The van der Waals surface area contributed by atoms with Crippen LogP contribution in [0.2, 0.25) is 0 Å². The minimum atomic E-state index is -0.647. The fraction of sp³-hybridized carbons (Fsp3) is 0.538. The lowest BCUT2D eigenvalue weighted by Crippen LogP contribution is -2.53. The van der Waals surface area contributed by atoms with Crippen LogP contribution in [0.1, 0.15) is 57.3 Å². The Labute approximate surface area is 204 Å². The standard InChI is InChI=1S/C26H33N3O6/c1-5-34-24(32)20-15-28(14-17-7-6-8-17)21-10-9-18(13-19(21)23(20)31)29-12-11-27(16-22(29)30)25(33)35-26(2,3)4/h9-10,13,15,17H,5-8,11-12,14,16H2,1-4H3. The molecule has 2 heterocycles. The fourth-order valence-corrected chi connectivity index (χ4v) is 4.44. The van der Waals surface area contributed by atoms with Gasteiger partial charge in [0.15, 0.2) is 0 Å². The third-order valence-corrected chi connectivity index (χ3v) is 6.42. The second-order valence-electron chi connectivity index (χ2n) is 10.2. The second-order valence-corrected chi connectivity index (χ2v) is 10.2. The molecule has 1 saturated carbocycles. The number of amides is 2. The Hall–Kier alpha value is -3.36. The van der Waals surface area contributed by atoms with Gasteiger partial charge in [-0.3, -0.25) is 14.5 Å². The Balaban J connectivity index is 1.65. The van der Waals surface area contributed by atoms with Crippen molar-refractivity contribution in [1.82, 2.24) is 9.47 Å². The monoisotopic (exact) mass is 483 g/mol. The number of aromatic nitrogens is 1. The lowest BCUT2D eigenvalue weighted by molar-refractivity contribution is -0.121. The number of rotatable bonds is 5.